The molecular formula is C9H9N3O3. The van der Waals surface area contributed by atoms with Gasteiger partial charge in [0.05, 0.1) is 18.3 Å². The van der Waals surface area contributed by atoms with Crippen LogP contribution in [0.3, 0.4) is 0 Å². The SMILES string of the molecule is CCOC(=O)c1c[nH]c2cn[nH]c2c1=O. The topological polar surface area (TPSA) is 87.8 Å². The van der Waals surface area contributed by atoms with Crippen molar-refractivity contribution in [2.24, 2.45) is 0 Å². The zero-order chi connectivity index (χ0) is 10.8. The van der Waals surface area contributed by atoms with Crippen LogP contribution in [-0.4, -0.2) is 27.8 Å². The molecule has 0 aliphatic carbocycles. The number of nitrogens with zero attached hydrogens (tertiary/aromatic N) is 1. The van der Waals surface area contributed by atoms with Gasteiger partial charge in [-0.2, -0.15) is 5.10 Å². The van der Waals surface area contributed by atoms with Gasteiger partial charge >= 0.3 is 5.97 Å². The van der Waals surface area contributed by atoms with Crippen LogP contribution in [0.4, 0.5) is 0 Å². The number of H-pyrrole nitrogens is 2. The Balaban J connectivity index is 2.57. The molecule has 15 heavy (non-hydrogen) atoms. The summed E-state index contributed by atoms with van der Waals surface area (Å²) in [4.78, 5) is 25.9. The van der Waals surface area contributed by atoms with Gasteiger partial charge in [0, 0.05) is 6.20 Å². The van der Waals surface area contributed by atoms with Gasteiger partial charge in [-0.25, -0.2) is 4.79 Å². The summed E-state index contributed by atoms with van der Waals surface area (Å²) in [6, 6.07) is 0. The van der Waals surface area contributed by atoms with Crippen LogP contribution >= 0.6 is 0 Å². The van der Waals surface area contributed by atoms with Gasteiger partial charge in [-0.15, -0.1) is 0 Å². The second-order valence-electron chi connectivity index (χ2n) is 2.91. The first-order chi connectivity index (χ1) is 7.24. The molecule has 0 atom stereocenters. The second-order valence-corrected chi connectivity index (χ2v) is 2.91. The molecule has 0 unspecified atom stereocenters. The van der Waals surface area contributed by atoms with Crippen molar-refractivity contribution in [2.75, 3.05) is 6.61 Å². The summed E-state index contributed by atoms with van der Waals surface area (Å²) in [5.74, 6) is -0.629. The molecule has 0 radical (unpaired) electrons. The van der Waals surface area contributed by atoms with E-state index in [4.69, 9.17) is 4.74 Å². The van der Waals surface area contributed by atoms with E-state index >= 15 is 0 Å². The minimum absolute atomic E-state index is 0.0198. The lowest BCUT2D eigenvalue weighted by molar-refractivity contribution is 0.0524. The van der Waals surface area contributed by atoms with Crippen molar-refractivity contribution >= 4 is 17.0 Å². The van der Waals surface area contributed by atoms with Gasteiger partial charge in [0.2, 0.25) is 5.43 Å². The molecule has 2 rings (SSSR count). The number of rotatable bonds is 2. The Kier molecular flexibility index (Phi) is 2.24. The van der Waals surface area contributed by atoms with Crippen LogP contribution in [0.2, 0.25) is 0 Å². The molecule has 0 fully saturated rings. The third kappa shape index (κ3) is 1.50. The van der Waals surface area contributed by atoms with Gasteiger partial charge in [-0.1, -0.05) is 0 Å². The summed E-state index contributed by atoms with van der Waals surface area (Å²) < 4.78 is 4.74. The standard InChI is InChI=1S/C9H9N3O3/c1-2-15-9(14)5-3-10-6-4-11-12-7(6)8(5)13/h3-4H,2H2,1H3,(H,10,13)(H,11,12). The lowest BCUT2D eigenvalue weighted by atomic mass is 10.2. The molecule has 2 aromatic rings. The van der Waals surface area contributed by atoms with Crippen molar-refractivity contribution in [3.8, 4) is 0 Å². The number of nitrogens with one attached hydrogen (secondary N) is 2. The first-order valence-electron chi connectivity index (χ1n) is 4.46. The van der Waals surface area contributed by atoms with E-state index < -0.39 is 11.4 Å². The number of aromatic nitrogens is 3. The molecule has 2 aromatic heterocycles. The molecule has 0 bridgehead atoms. The summed E-state index contributed by atoms with van der Waals surface area (Å²) in [6.07, 6.45) is 2.81. The third-order valence-corrected chi connectivity index (χ3v) is 1.98. The van der Waals surface area contributed by atoms with E-state index in [1.807, 2.05) is 0 Å². The average Bonchev–Trinajstić information content (AvgIpc) is 2.67. The molecule has 0 amide bonds. The number of hydrogen-bond donors (Lipinski definition) is 2. The van der Waals surface area contributed by atoms with Crippen molar-refractivity contribution in [3.63, 3.8) is 0 Å². The molecule has 0 saturated carbocycles. The number of carbonyl (C=O) groups excluding carboxylic acids is 1. The Labute approximate surface area is 84.3 Å². The van der Waals surface area contributed by atoms with Crippen LogP contribution in [-0.2, 0) is 4.74 Å². The maximum absolute atomic E-state index is 11.7. The predicted molar refractivity (Wildman–Crippen MR) is 52.7 cm³/mol. The molecule has 0 aliphatic rings. The Morgan fingerprint density at radius 2 is 2.40 bits per heavy atom. The zero-order valence-corrected chi connectivity index (χ0v) is 8.03. The van der Waals surface area contributed by atoms with Crippen LogP contribution in [0, 0.1) is 0 Å². The minimum atomic E-state index is -0.629. The number of carbonyl (C=O) groups is 1. The fraction of sp³-hybridized carbons (Fsp3) is 0.222. The van der Waals surface area contributed by atoms with E-state index in [0.717, 1.165) is 0 Å². The normalized spacial score (nSPS) is 10.5. The molecule has 0 aliphatic heterocycles. The zero-order valence-electron chi connectivity index (χ0n) is 8.03. The quantitative estimate of drug-likeness (QED) is 0.699. The first-order valence-corrected chi connectivity index (χ1v) is 4.46. The van der Waals surface area contributed by atoms with Gasteiger partial charge < -0.3 is 9.72 Å². The van der Waals surface area contributed by atoms with Crippen LogP contribution < -0.4 is 5.43 Å². The van der Waals surface area contributed by atoms with E-state index in [1.54, 1.807) is 6.92 Å². The Morgan fingerprint density at radius 3 is 3.13 bits per heavy atom. The number of fused-ring (bicyclic) bond motifs is 1. The fourth-order valence-electron chi connectivity index (χ4n) is 1.28. The Bertz CT molecular complexity index is 555. The van der Waals surface area contributed by atoms with Crippen molar-refractivity contribution in [1.82, 2.24) is 15.2 Å². The summed E-state index contributed by atoms with van der Waals surface area (Å²) in [5.41, 5.74) is 0.418. The lowest BCUT2D eigenvalue weighted by Crippen LogP contribution is -2.18. The maximum atomic E-state index is 11.7. The summed E-state index contributed by atoms with van der Waals surface area (Å²) in [5, 5.41) is 6.22. The van der Waals surface area contributed by atoms with Crippen molar-refractivity contribution in [3.05, 3.63) is 28.2 Å². The second kappa shape index (κ2) is 3.56. The van der Waals surface area contributed by atoms with Gasteiger partial charge in [0.25, 0.3) is 0 Å². The van der Waals surface area contributed by atoms with Gasteiger partial charge in [0.15, 0.2) is 0 Å². The van der Waals surface area contributed by atoms with Crippen LogP contribution in [0.1, 0.15) is 17.3 Å². The summed E-state index contributed by atoms with van der Waals surface area (Å²) in [6.45, 7) is 1.92. The van der Waals surface area contributed by atoms with Crippen molar-refractivity contribution in [1.29, 1.82) is 0 Å². The van der Waals surface area contributed by atoms with Crippen LogP contribution in [0.15, 0.2) is 17.2 Å². The highest BCUT2D eigenvalue weighted by molar-refractivity contribution is 5.92. The maximum Gasteiger partial charge on any atom is 0.343 e. The molecule has 0 aromatic carbocycles. The molecule has 6 heteroatoms. The smallest absolute Gasteiger partial charge is 0.343 e. The average molecular weight is 207 g/mol. The van der Waals surface area contributed by atoms with E-state index in [1.165, 1.54) is 12.4 Å². The molecule has 0 spiro atoms. The number of aromatic amines is 2. The Hall–Kier alpha value is -2.11. The van der Waals surface area contributed by atoms with E-state index in [9.17, 15) is 9.59 Å². The van der Waals surface area contributed by atoms with E-state index in [0.29, 0.717) is 5.52 Å². The number of hydrogen-bond acceptors (Lipinski definition) is 4. The number of esters is 1. The molecule has 6 nitrogen and oxygen atoms in total. The fourth-order valence-corrected chi connectivity index (χ4v) is 1.28. The molecule has 0 saturated heterocycles. The number of pyridine rings is 1. The van der Waals surface area contributed by atoms with Crippen molar-refractivity contribution < 1.29 is 9.53 Å². The highest BCUT2D eigenvalue weighted by Gasteiger charge is 2.14. The summed E-state index contributed by atoms with van der Waals surface area (Å²) in [7, 11) is 0. The predicted octanol–water partition coefficient (Wildman–Crippen LogP) is 0.428. The lowest BCUT2D eigenvalue weighted by Gasteiger charge is -2.00. The van der Waals surface area contributed by atoms with Crippen molar-refractivity contribution in [2.45, 2.75) is 6.92 Å². The van der Waals surface area contributed by atoms with E-state index in [-0.39, 0.29) is 17.7 Å². The van der Waals surface area contributed by atoms with E-state index in [2.05, 4.69) is 15.2 Å². The van der Waals surface area contributed by atoms with Crippen LogP contribution in [0.25, 0.3) is 11.0 Å². The Morgan fingerprint density at radius 1 is 1.60 bits per heavy atom. The molecule has 2 N–H and O–H groups in total. The highest BCUT2D eigenvalue weighted by Crippen LogP contribution is 2.03. The third-order valence-electron chi connectivity index (χ3n) is 1.98. The highest BCUT2D eigenvalue weighted by atomic mass is 16.5. The minimum Gasteiger partial charge on any atom is -0.462 e. The van der Waals surface area contributed by atoms with Gasteiger partial charge in [-0.3, -0.25) is 9.89 Å². The first kappa shape index (κ1) is 9.45. The largest absolute Gasteiger partial charge is 0.462 e. The summed E-state index contributed by atoms with van der Waals surface area (Å²) >= 11 is 0. The molecule has 78 valence electrons. The molecule has 2 heterocycles. The molecular weight excluding hydrogens is 198 g/mol. The number of ether oxygens (including phenoxy) is 1. The van der Waals surface area contributed by atoms with Crippen LogP contribution in [0.5, 0.6) is 0 Å². The van der Waals surface area contributed by atoms with Gasteiger partial charge in [-0.05, 0) is 6.92 Å². The monoisotopic (exact) mass is 207 g/mol. The van der Waals surface area contributed by atoms with Gasteiger partial charge in [0.1, 0.15) is 11.1 Å².